The van der Waals surface area contributed by atoms with E-state index in [4.69, 9.17) is 4.98 Å². The normalized spacial score (nSPS) is 18.7. The van der Waals surface area contributed by atoms with Crippen LogP contribution in [0.15, 0.2) is 29.6 Å². The third-order valence-corrected chi connectivity index (χ3v) is 8.61. The summed E-state index contributed by atoms with van der Waals surface area (Å²) < 4.78 is 0. The van der Waals surface area contributed by atoms with Crippen molar-refractivity contribution < 1.29 is 4.79 Å². The lowest BCUT2D eigenvalue weighted by atomic mass is 9.94. The van der Waals surface area contributed by atoms with Gasteiger partial charge in [-0.3, -0.25) is 4.79 Å². The molecule has 1 N–H and O–H groups in total. The third kappa shape index (κ3) is 6.60. The van der Waals surface area contributed by atoms with E-state index in [1.165, 1.54) is 51.5 Å². The van der Waals surface area contributed by atoms with Gasteiger partial charge >= 0.3 is 0 Å². The first-order valence-electron chi connectivity index (χ1n) is 13.5. The predicted molar refractivity (Wildman–Crippen MR) is 144 cm³/mol. The van der Waals surface area contributed by atoms with E-state index in [2.05, 4.69) is 41.1 Å². The summed E-state index contributed by atoms with van der Waals surface area (Å²) in [6, 6.07) is 8.18. The number of aromatic nitrogens is 1. The van der Waals surface area contributed by atoms with Gasteiger partial charge < -0.3 is 15.1 Å². The van der Waals surface area contributed by atoms with Crippen LogP contribution in [0.4, 0.5) is 11.4 Å². The Balaban J connectivity index is 1.31. The molecule has 2 aliphatic heterocycles. The molecule has 1 unspecified atom stereocenters. The van der Waals surface area contributed by atoms with Gasteiger partial charge in [0.15, 0.2) is 0 Å². The van der Waals surface area contributed by atoms with E-state index >= 15 is 0 Å². The maximum absolute atomic E-state index is 13.0. The van der Waals surface area contributed by atoms with Gasteiger partial charge in [-0.15, -0.1) is 11.3 Å². The van der Waals surface area contributed by atoms with E-state index in [9.17, 15) is 4.79 Å². The molecule has 0 spiro atoms. The maximum Gasteiger partial charge on any atom is 0.275 e. The molecule has 0 radical (unpaired) electrons. The van der Waals surface area contributed by atoms with Crippen molar-refractivity contribution in [3.8, 4) is 0 Å². The second-order valence-electron chi connectivity index (χ2n) is 10.1. The topological polar surface area (TPSA) is 48.5 Å². The number of hydrogen-bond acceptors (Lipinski definition) is 5. The molecule has 5 nitrogen and oxygen atoms in total. The first-order chi connectivity index (χ1) is 16.7. The minimum absolute atomic E-state index is 0.0916. The monoisotopic (exact) mass is 482 g/mol. The standard InChI is InChI=1S/C28H42N4OS/c1-3-5-11-22(4-2)20-31-18-14-23(15-19-31)28-30-25(21-34-28)27(33)29-24-12-7-8-13-26(24)32-16-9-6-10-17-32/h7-8,12-13,21-23H,3-6,9-11,14-20H2,1-2H3,(H,29,33). The van der Waals surface area contributed by atoms with Gasteiger partial charge in [0, 0.05) is 30.9 Å². The lowest BCUT2D eigenvalue weighted by molar-refractivity contribution is 0.102. The fraction of sp³-hybridized carbons (Fsp3) is 0.643. The van der Waals surface area contributed by atoms with Crippen molar-refractivity contribution in [3.63, 3.8) is 0 Å². The average molecular weight is 483 g/mol. The van der Waals surface area contributed by atoms with E-state index in [1.54, 1.807) is 11.3 Å². The molecule has 2 saturated heterocycles. The molecule has 0 saturated carbocycles. The minimum Gasteiger partial charge on any atom is -0.370 e. The fourth-order valence-corrected chi connectivity index (χ4v) is 6.37. The van der Waals surface area contributed by atoms with Crippen molar-refractivity contribution in [2.24, 2.45) is 5.92 Å². The number of anilines is 2. The maximum atomic E-state index is 13.0. The summed E-state index contributed by atoms with van der Waals surface area (Å²) in [5.74, 6) is 1.23. The number of unbranched alkanes of at least 4 members (excludes halogenated alkanes) is 1. The van der Waals surface area contributed by atoms with Gasteiger partial charge in [-0.25, -0.2) is 4.98 Å². The zero-order valence-electron chi connectivity index (χ0n) is 21.1. The molecule has 1 amide bonds. The summed E-state index contributed by atoms with van der Waals surface area (Å²) in [5, 5.41) is 6.22. The highest BCUT2D eigenvalue weighted by Gasteiger charge is 2.25. The van der Waals surface area contributed by atoms with Crippen LogP contribution in [-0.4, -0.2) is 48.5 Å². The largest absolute Gasteiger partial charge is 0.370 e. The van der Waals surface area contributed by atoms with Crippen LogP contribution in [0.1, 0.15) is 93.0 Å². The number of piperidine rings is 2. The first-order valence-corrected chi connectivity index (χ1v) is 14.4. The molecule has 2 fully saturated rings. The van der Waals surface area contributed by atoms with Crippen LogP contribution < -0.4 is 10.2 Å². The highest BCUT2D eigenvalue weighted by Crippen LogP contribution is 2.32. The van der Waals surface area contributed by atoms with Gasteiger partial charge in [0.05, 0.1) is 16.4 Å². The molecule has 4 rings (SSSR count). The van der Waals surface area contributed by atoms with Gasteiger partial charge in [0.1, 0.15) is 5.69 Å². The second-order valence-corrected chi connectivity index (χ2v) is 11.0. The van der Waals surface area contributed by atoms with Crippen LogP contribution in [-0.2, 0) is 0 Å². The van der Waals surface area contributed by atoms with E-state index in [0.29, 0.717) is 11.6 Å². The van der Waals surface area contributed by atoms with Crippen LogP contribution in [0.25, 0.3) is 0 Å². The summed E-state index contributed by atoms with van der Waals surface area (Å²) in [4.78, 5) is 22.9. The Morgan fingerprint density at radius 3 is 2.62 bits per heavy atom. The highest BCUT2D eigenvalue weighted by molar-refractivity contribution is 7.10. The summed E-state index contributed by atoms with van der Waals surface area (Å²) in [5.41, 5.74) is 2.58. The Hall–Kier alpha value is -1.92. The number of likely N-dealkylation sites (tertiary alicyclic amines) is 1. The van der Waals surface area contributed by atoms with Crippen LogP contribution in [0.2, 0.25) is 0 Å². The van der Waals surface area contributed by atoms with E-state index in [0.717, 1.165) is 61.3 Å². The molecule has 34 heavy (non-hydrogen) atoms. The van der Waals surface area contributed by atoms with Crippen LogP contribution in [0.5, 0.6) is 0 Å². The molecule has 2 aliphatic rings. The molecular formula is C28H42N4OS. The predicted octanol–water partition coefficient (Wildman–Crippen LogP) is 6.78. The number of nitrogens with one attached hydrogen (secondary N) is 1. The van der Waals surface area contributed by atoms with Gasteiger partial charge in [-0.2, -0.15) is 0 Å². The lowest BCUT2D eigenvalue weighted by Gasteiger charge is -2.33. The Bertz CT molecular complexity index is 899. The summed E-state index contributed by atoms with van der Waals surface area (Å²) in [6.07, 6.45) is 11.3. The first kappa shape index (κ1) is 25.2. The molecule has 3 heterocycles. The molecule has 1 aromatic heterocycles. The summed E-state index contributed by atoms with van der Waals surface area (Å²) in [6.45, 7) is 10.3. The van der Waals surface area contributed by atoms with E-state index < -0.39 is 0 Å². The van der Waals surface area contributed by atoms with E-state index in [1.807, 2.05) is 17.5 Å². The number of benzene rings is 1. The molecule has 0 bridgehead atoms. The Kier molecular flexibility index (Phi) is 9.40. The van der Waals surface area contributed by atoms with Crippen molar-refractivity contribution in [1.29, 1.82) is 0 Å². The van der Waals surface area contributed by atoms with Crippen molar-refractivity contribution in [2.75, 3.05) is 42.9 Å². The smallest absolute Gasteiger partial charge is 0.275 e. The van der Waals surface area contributed by atoms with Gasteiger partial charge in [0.25, 0.3) is 5.91 Å². The molecule has 0 aliphatic carbocycles. The van der Waals surface area contributed by atoms with Gasteiger partial charge in [-0.05, 0) is 69.7 Å². The van der Waals surface area contributed by atoms with Crippen molar-refractivity contribution in [2.45, 2.75) is 77.6 Å². The lowest BCUT2D eigenvalue weighted by Crippen LogP contribution is -2.36. The number of amides is 1. The summed E-state index contributed by atoms with van der Waals surface area (Å²) in [7, 11) is 0. The SMILES string of the molecule is CCCCC(CC)CN1CCC(c2nc(C(=O)Nc3ccccc3N3CCCCC3)cs2)CC1. The molecule has 2 aromatic rings. The highest BCUT2D eigenvalue weighted by atomic mass is 32.1. The van der Waals surface area contributed by atoms with Crippen molar-refractivity contribution in [1.82, 2.24) is 9.88 Å². The Morgan fingerprint density at radius 2 is 1.88 bits per heavy atom. The van der Waals surface area contributed by atoms with Gasteiger partial charge in [-0.1, -0.05) is 45.2 Å². The quantitative estimate of drug-likeness (QED) is 0.405. The number of rotatable bonds is 10. The molecule has 1 aromatic carbocycles. The average Bonchev–Trinajstić information content (AvgIpc) is 3.38. The number of nitrogens with zero attached hydrogens (tertiary/aromatic N) is 3. The number of carbonyl (C=O) groups is 1. The Morgan fingerprint density at radius 1 is 1.12 bits per heavy atom. The Labute approximate surface area is 210 Å². The van der Waals surface area contributed by atoms with E-state index in [-0.39, 0.29) is 5.91 Å². The second kappa shape index (κ2) is 12.7. The molecule has 186 valence electrons. The van der Waals surface area contributed by atoms with Crippen molar-refractivity contribution >= 4 is 28.6 Å². The molecular weight excluding hydrogens is 440 g/mol. The zero-order valence-corrected chi connectivity index (χ0v) is 21.9. The minimum atomic E-state index is -0.0916. The number of hydrogen-bond donors (Lipinski definition) is 1. The van der Waals surface area contributed by atoms with Crippen molar-refractivity contribution in [3.05, 3.63) is 40.3 Å². The van der Waals surface area contributed by atoms with Crippen LogP contribution in [0, 0.1) is 5.92 Å². The fourth-order valence-electron chi connectivity index (χ4n) is 5.40. The van der Waals surface area contributed by atoms with Gasteiger partial charge in [0.2, 0.25) is 0 Å². The zero-order chi connectivity index (χ0) is 23.8. The number of thiazole rings is 1. The third-order valence-electron chi connectivity index (χ3n) is 7.60. The van der Waals surface area contributed by atoms with Crippen LogP contribution in [0.3, 0.4) is 0 Å². The molecule has 6 heteroatoms. The summed E-state index contributed by atoms with van der Waals surface area (Å²) >= 11 is 1.66. The number of para-hydroxylation sites is 2. The van der Waals surface area contributed by atoms with Crippen LogP contribution >= 0.6 is 11.3 Å². The number of carbonyl (C=O) groups excluding carboxylic acids is 1. The molecule has 1 atom stereocenters.